The molecule has 0 unspecified atom stereocenters. The van der Waals surface area contributed by atoms with E-state index in [1.807, 2.05) is 11.4 Å². The average molecular weight is 303 g/mol. The summed E-state index contributed by atoms with van der Waals surface area (Å²) in [6.07, 6.45) is 0.712. The van der Waals surface area contributed by atoms with E-state index in [1.54, 1.807) is 0 Å². The first-order valence-electron chi connectivity index (χ1n) is 5.62. The number of carbonyl (C=O) groups excluding carboxylic acids is 1. The van der Waals surface area contributed by atoms with Crippen LogP contribution < -0.4 is 0 Å². The molecule has 0 radical (unpaired) electrons. The first-order valence-corrected chi connectivity index (χ1v) is 8.33. The summed E-state index contributed by atoms with van der Waals surface area (Å²) in [5.41, 5.74) is 1.20. The average Bonchev–Trinajstić information content (AvgIpc) is 2.72. The molecule has 2 heterocycles. The van der Waals surface area contributed by atoms with Gasteiger partial charge in [-0.2, -0.15) is 0 Å². The van der Waals surface area contributed by atoms with Gasteiger partial charge in [-0.15, -0.1) is 11.3 Å². The minimum atomic E-state index is -3.88. The van der Waals surface area contributed by atoms with Gasteiger partial charge in [0.2, 0.25) is 5.91 Å². The third kappa shape index (κ3) is 3.54. The summed E-state index contributed by atoms with van der Waals surface area (Å²) >= 11 is 1.54. The van der Waals surface area contributed by atoms with Crippen molar-refractivity contribution in [2.24, 2.45) is 0 Å². The zero-order valence-electron chi connectivity index (χ0n) is 10.0. The van der Waals surface area contributed by atoms with Crippen LogP contribution in [-0.4, -0.2) is 48.4 Å². The summed E-state index contributed by atoms with van der Waals surface area (Å²) in [6.45, 7) is 0.888. The number of rotatable bonds is 4. The second kappa shape index (κ2) is 5.30. The van der Waals surface area contributed by atoms with Gasteiger partial charge in [0.1, 0.15) is 11.5 Å². The Morgan fingerprint density at radius 1 is 1.37 bits per heavy atom. The minimum Gasteiger partial charge on any atom is -0.480 e. The highest BCUT2D eigenvalue weighted by atomic mass is 32.2. The highest BCUT2D eigenvalue weighted by molar-refractivity contribution is 7.92. The molecular weight excluding hydrogens is 290 g/mol. The first-order chi connectivity index (χ1) is 8.87. The zero-order chi connectivity index (χ0) is 14.0. The Morgan fingerprint density at radius 3 is 2.79 bits per heavy atom. The molecule has 1 aliphatic heterocycles. The summed E-state index contributed by atoms with van der Waals surface area (Å²) in [6, 6.07) is 2.00. The van der Waals surface area contributed by atoms with E-state index < -0.39 is 33.2 Å². The molecule has 0 fully saturated rings. The van der Waals surface area contributed by atoms with E-state index >= 15 is 0 Å². The Hall–Kier alpha value is -1.41. The van der Waals surface area contributed by atoms with Gasteiger partial charge in [0.05, 0.1) is 6.54 Å². The van der Waals surface area contributed by atoms with E-state index in [0.717, 1.165) is 4.88 Å². The first kappa shape index (κ1) is 14.0. The molecule has 2 rings (SSSR count). The van der Waals surface area contributed by atoms with Crippen LogP contribution in [0.2, 0.25) is 0 Å². The van der Waals surface area contributed by atoms with Gasteiger partial charge in [0, 0.05) is 11.4 Å². The van der Waals surface area contributed by atoms with E-state index in [-0.39, 0.29) is 0 Å². The second-order valence-corrected chi connectivity index (χ2v) is 7.43. The molecule has 1 aromatic heterocycles. The number of nitrogens with zero attached hydrogens (tertiary/aromatic N) is 1. The quantitative estimate of drug-likeness (QED) is 0.854. The van der Waals surface area contributed by atoms with Crippen molar-refractivity contribution in [2.45, 2.75) is 13.0 Å². The maximum Gasteiger partial charge on any atom is 0.318 e. The van der Waals surface area contributed by atoms with Gasteiger partial charge in [0.25, 0.3) is 0 Å². The summed E-state index contributed by atoms with van der Waals surface area (Å²) in [4.78, 5) is 24.8. The maximum atomic E-state index is 11.9. The predicted octanol–water partition coefficient (Wildman–Crippen LogP) is 0.132. The van der Waals surface area contributed by atoms with Gasteiger partial charge in [-0.3, -0.25) is 9.59 Å². The third-order valence-electron chi connectivity index (χ3n) is 2.86. The number of sulfone groups is 1. The van der Waals surface area contributed by atoms with Gasteiger partial charge >= 0.3 is 5.97 Å². The summed E-state index contributed by atoms with van der Waals surface area (Å²) in [5, 5.41) is 10.4. The van der Waals surface area contributed by atoms with Gasteiger partial charge in [-0.1, -0.05) is 0 Å². The SMILES string of the molecule is O=C(O)CS(=O)(=O)CC(=O)N1CCc2ccsc2C1. The molecule has 8 heteroatoms. The number of carboxylic acid groups (broad SMARTS) is 1. The molecule has 1 aliphatic rings. The molecule has 0 bridgehead atoms. The number of carboxylic acids is 1. The van der Waals surface area contributed by atoms with Gasteiger partial charge in [-0.05, 0) is 23.4 Å². The van der Waals surface area contributed by atoms with Crippen molar-refractivity contribution in [2.75, 3.05) is 18.1 Å². The van der Waals surface area contributed by atoms with Crippen molar-refractivity contribution in [1.82, 2.24) is 4.90 Å². The van der Waals surface area contributed by atoms with Crippen molar-refractivity contribution in [3.8, 4) is 0 Å². The fraction of sp³-hybridized carbons (Fsp3) is 0.455. The number of hydrogen-bond acceptors (Lipinski definition) is 5. The van der Waals surface area contributed by atoms with E-state index in [2.05, 4.69) is 0 Å². The van der Waals surface area contributed by atoms with Crippen molar-refractivity contribution in [1.29, 1.82) is 0 Å². The molecule has 1 amide bonds. The van der Waals surface area contributed by atoms with Gasteiger partial charge in [-0.25, -0.2) is 8.42 Å². The van der Waals surface area contributed by atoms with Crippen molar-refractivity contribution < 1.29 is 23.1 Å². The molecule has 0 saturated carbocycles. The predicted molar refractivity (Wildman–Crippen MR) is 69.7 cm³/mol. The molecule has 6 nitrogen and oxygen atoms in total. The lowest BCUT2D eigenvalue weighted by Gasteiger charge is -2.26. The van der Waals surface area contributed by atoms with Crippen LogP contribution in [0.3, 0.4) is 0 Å². The molecular formula is C11H13NO5S2. The number of aliphatic carboxylic acids is 1. The highest BCUT2D eigenvalue weighted by Crippen LogP contribution is 2.24. The Kier molecular flexibility index (Phi) is 3.91. The summed E-state index contributed by atoms with van der Waals surface area (Å²) in [5.74, 6) is -3.70. The van der Waals surface area contributed by atoms with Crippen molar-refractivity contribution in [3.63, 3.8) is 0 Å². The lowest BCUT2D eigenvalue weighted by molar-refractivity contribution is -0.134. The smallest absolute Gasteiger partial charge is 0.318 e. The fourth-order valence-electron chi connectivity index (χ4n) is 1.97. The second-order valence-electron chi connectivity index (χ2n) is 4.36. The minimum absolute atomic E-state index is 0.411. The Bertz CT molecular complexity index is 604. The number of carbonyl (C=O) groups is 2. The van der Waals surface area contributed by atoms with Crippen LogP contribution in [-0.2, 0) is 32.4 Å². The van der Waals surface area contributed by atoms with E-state index in [1.165, 1.54) is 21.8 Å². The van der Waals surface area contributed by atoms with Crippen LogP contribution in [0, 0.1) is 0 Å². The fourth-order valence-corrected chi connectivity index (χ4v) is 3.95. The monoisotopic (exact) mass is 303 g/mol. The molecule has 1 aromatic rings. The molecule has 0 atom stereocenters. The topological polar surface area (TPSA) is 91.7 Å². The molecule has 1 N–H and O–H groups in total. The molecule has 19 heavy (non-hydrogen) atoms. The van der Waals surface area contributed by atoms with Crippen LogP contribution in [0.25, 0.3) is 0 Å². The van der Waals surface area contributed by atoms with E-state index in [0.29, 0.717) is 19.5 Å². The largest absolute Gasteiger partial charge is 0.480 e. The highest BCUT2D eigenvalue weighted by Gasteiger charge is 2.26. The lowest BCUT2D eigenvalue weighted by Crippen LogP contribution is -2.39. The molecule has 0 aromatic carbocycles. The Balaban J connectivity index is 2.01. The molecule has 0 saturated heterocycles. The van der Waals surface area contributed by atoms with Crippen LogP contribution >= 0.6 is 11.3 Å². The summed E-state index contributed by atoms with van der Waals surface area (Å²) < 4.78 is 22.9. The van der Waals surface area contributed by atoms with Gasteiger partial charge < -0.3 is 10.0 Å². The lowest BCUT2D eigenvalue weighted by atomic mass is 10.1. The van der Waals surface area contributed by atoms with Crippen LogP contribution in [0.15, 0.2) is 11.4 Å². The number of thiophene rings is 1. The van der Waals surface area contributed by atoms with Gasteiger partial charge in [0.15, 0.2) is 9.84 Å². The normalized spacial score (nSPS) is 15.1. The number of fused-ring (bicyclic) bond motifs is 1. The standard InChI is InChI=1S/C11H13NO5S2/c13-10(6-19(16,17)7-11(14)15)12-3-1-8-2-4-18-9(8)5-12/h2,4H,1,3,5-7H2,(H,14,15). The van der Waals surface area contributed by atoms with E-state index in [4.69, 9.17) is 5.11 Å². The molecule has 0 aliphatic carbocycles. The van der Waals surface area contributed by atoms with Crippen molar-refractivity contribution >= 4 is 33.1 Å². The molecule has 104 valence electrons. The Morgan fingerprint density at radius 2 is 2.11 bits per heavy atom. The van der Waals surface area contributed by atoms with Crippen molar-refractivity contribution in [3.05, 3.63) is 21.9 Å². The zero-order valence-corrected chi connectivity index (χ0v) is 11.7. The third-order valence-corrected chi connectivity index (χ3v) is 5.18. The number of hydrogen-bond donors (Lipinski definition) is 1. The maximum absolute atomic E-state index is 11.9. The Labute approximate surface area is 114 Å². The van der Waals surface area contributed by atoms with Crippen LogP contribution in [0.1, 0.15) is 10.4 Å². The number of amides is 1. The van der Waals surface area contributed by atoms with Crippen LogP contribution in [0.5, 0.6) is 0 Å². The summed E-state index contributed by atoms with van der Waals surface area (Å²) in [7, 11) is -3.88. The van der Waals surface area contributed by atoms with E-state index in [9.17, 15) is 18.0 Å². The van der Waals surface area contributed by atoms with Crippen LogP contribution in [0.4, 0.5) is 0 Å². The molecule has 0 spiro atoms.